The van der Waals surface area contributed by atoms with Crippen molar-refractivity contribution in [2.75, 3.05) is 26.7 Å². The lowest BCUT2D eigenvalue weighted by Crippen LogP contribution is -2.40. The molecule has 0 saturated carbocycles. The van der Waals surface area contributed by atoms with E-state index in [0.717, 1.165) is 37.3 Å². The number of carbonyl (C=O) groups excluding carboxylic acids is 2. The molecule has 2 aromatic rings. The van der Waals surface area contributed by atoms with Crippen LogP contribution in [0.2, 0.25) is 4.34 Å². The summed E-state index contributed by atoms with van der Waals surface area (Å²) in [7, 11) is 2.08. The molecule has 0 radical (unpaired) electrons. The highest BCUT2D eigenvalue weighted by Crippen LogP contribution is 2.30. The van der Waals surface area contributed by atoms with Crippen LogP contribution >= 0.6 is 34.3 Å². The number of carboxylic acid groups (broad SMARTS) is 1. The summed E-state index contributed by atoms with van der Waals surface area (Å²) < 4.78 is 5.48. The Bertz CT molecular complexity index is 981. The number of likely N-dealkylation sites (tertiary alicyclic amines) is 1. The van der Waals surface area contributed by atoms with Crippen molar-refractivity contribution >= 4 is 52.2 Å². The third-order valence-corrected chi connectivity index (χ3v) is 7.93. The minimum atomic E-state index is -1.45. The minimum Gasteiger partial charge on any atom is -0.450 e. The molecular weight excluding hydrogens is 462 g/mol. The van der Waals surface area contributed by atoms with Crippen LogP contribution in [0.25, 0.3) is 0 Å². The highest BCUT2D eigenvalue weighted by atomic mass is 35.5. The first-order valence-electron chi connectivity index (χ1n) is 9.87. The van der Waals surface area contributed by atoms with Crippen molar-refractivity contribution in [2.45, 2.75) is 31.5 Å². The number of halogens is 1. The topological polar surface area (TPSA) is 99.2 Å². The standard InChI is InChI=1S/C20H22ClN3O5S2/c1-23-6-4-11-8-15(30-13(11)5-7-23)19(26)24-10-12(9-17(24)29-20(27)28)22-18(25)14-2-3-16(21)31-14/h2-3,8,12,17H,4-7,9-10H2,1H3,(H,22,25)(H,27,28)/t12-,17+/m1/s1. The molecule has 0 bridgehead atoms. The summed E-state index contributed by atoms with van der Waals surface area (Å²) in [4.78, 5) is 42.8. The number of fused-ring (bicyclic) bond motifs is 1. The molecule has 2 aliphatic heterocycles. The third kappa shape index (κ3) is 5.03. The van der Waals surface area contributed by atoms with Crippen LogP contribution in [0, 0.1) is 0 Å². The first-order valence-corrected chi connectivity index (χ1v) is 11.9. The van der Waals surface area contributed by atoms with Gasteiger partial charge in [0.2, 0.25) is 0 Å². The van der Waals surface area contributed by atoms with Crippen LogP contribution in [0.15, 0.2) is 18.2 Å². The van der Waals surface area contributed by atoms with E-state index in [9.17, 15) is 14.4 Å². The normalized spacial score (nSPS) is 21.4. The fourth-order valence-electron chi connectivity index (χ4n) is 3.89. The lowest BCUT2D eigenvalue weighted by molar-refractivity contribution is -0.00689. The van der Waals surface area contributed by atoms with Gasteiger partial charge >= 0.3 is 6.16 Å². The molecular formula is C20H22ClN3O5S2. The number of likely N-dealkylation sites (N-methyl/N-ethyl adjacent to an activating group) is 1. The van der Waals surface area contributed by atoms with E-state index in [0.29, 0.717) is 14.1 Å². The molecule has 1 fully saturated rings. The van der Waals surface area contributed by atoms with Crippen LogP contribution in [0.3, 0.4) is 0 Å². The second-order valence-corrected chi connectivity index (χ2v) is 10.5. The number of thiophene rings is 2. The van der Waals surface area contributed by atoms with Crippen LogP contribution in [-0.2, 0) is 17.6 Å². The van der Waals surface area contributed by atoms with Crippen molar-refractivity contribution < 1.29 is 24.2 Å². The average Bonchev–Trinajstić information content (AvgIpc) is 3.40. The van der Waals surface area contributed by atoms with E-state index in [1.807, 2.05) is 6.07 Å². The van der Waals surface area contributed by atoms with Crippen LogP contribution in [-0.4, -0.2) is 71.8 Å². The number of ether oxygens (including phenoxy) is 1. The quantitative estimate of drug-likeness (QED) is 0.648. The number of nitrogens with zero attached hydrogens (tertiary/aromatic N) is 2. The molecule has 4 rings (SSSR count). The molecule has 0 aromatic carbocycles. The van der Waals surface area contributed by atoms with E-state index in [2.05, 4.69) is 17.3 Å². The molecule has 0 aliphatic carbocycles. The Balaban J connectivity index is 1.48. The Morgan fingerprint density at radius 1 is 1.19 bits per heavy atom. The highest BCUT2D eigenvalue weighted by molar-refractivity contribution is 7.18. The molecule has 1 saturated heterocycles. The van der Waals surface area contributed by atoms with Gasteiger partial charge in [-0.3, -0.25) is 14.5 Å². The summed E-state index contributed by atoms with van der Waals surface area (Å²) in [6.45, 7) is 2.05. The number of amides is 2. The van der Waals surface area contributed by atoms with Gasteiger partial charge in [0.15, 0.2) is 6.23 Å². The lowest BCUT2D eigenvalue weighted by atomic mass is 10.1. The second kappa shape index (κ2) is 9.15. The van der Waals surface area contributed by atoms with Crippen molar-refractivity contribution in [1.29, 1.82) is 0 Å². The summed E-state index contributed by atoms with van der Waals surface area (Å²) in [6, 6.07) is 4.76. The van der Waals surface area contributed by atoms with Crippen LogP contribution in [0.1, 0.15) is 36.2 Å². The van der Waals surface area contributed by atoms with Crippen molar-refractivity contribution in [3.8, 4) is 0 Å². The maximum Gasteiger partial charge on any atom is 0.507 e. The van der Waals surface area contributed by atoms with Gasteiger partial charge in [0.25, 0.3) is 11.8 Å². The molecule has 166 valence electrons. The molecule has 2 atom stereocenters. The van der Waals surface area contributed by atoms with E-state index in [4.69, 9.17) is 21.4 Å². The van der Waals surface area contributed by atoms with Gasteiger partial charge in [0.1, 0.15) is 0 Å². The molecule has 4 heterocycles. The molecule has 2 amide bonds. The number of carbonyl (C=O) groups is 3. The SMILES string of the molecule is CN1CCc2cc(C(=O)N3C[C@H](NC(=O)c4ccc(Cl)s4)C[C@@H]3OC(=O)O)sc2CC1. The zero-order valence-corrected chi connectivity index (χ0v) is 19.2. The third-order valence-electron chi connectivity index (χ3n) is 5.47. The van der Waals surface area contributed by atoms with Crippen LogP contribution in [0.4, 0.5) is 4.79 Å². The number of hydrogen-bond donors (Lipinski definition) is 2. The van der Waals surface area contributed by atoms with Crippen LogP contribution < -0.4 is 5.32 Å². The monoisotopic (exact) mass is 483 g/mol. The van der Waals surface area contributed by atoms with Gasteiger partial charge in [-0.15, -0.1) is 22.7 Å². The Kier molecular flexibility index (Phi) is 6.52. The first-order chi connectivity index (χ1) is 14.8. The maximum atomic E-state index is 13.2. The molecule has 8 nitrogen and oxygen atoms in total. The molecule has 0 spiro atoms. The van der Waals surface area contributed by atoms with Gasteiger partial charge in [-0.2, -0.15) is 0 Å². The number of hydrogen-bond acceptors (Lipinski definition) is 7. The van der Waals surface area contributed by atoms with Gasteiger partial charge in [-0.1, -0.05) is 11.6 Å². The summed E-state index contributed by atoms with van der Waals surface area (Å²) >= 11 is 8.51. The number of nitrogens with one attached hydrogen (secondary N) is 1. The lowest BCUT2D eigenvalue weighted by Gasteiger charge is -2.22. The second-order valence-electron chi connectivity index (χ2n) is 7.67. The van der Waals surface area contributed by atoms with Gasteiger partial charge in [0.05, 0.1) is 20.1 Å². The molecule has 2 aliphatic rings. The largest absolute Gasteiger partial charge is 0.507 e. The Morgan fingerprint density at radius 2 is 1.97 bits per heavy atom. The fraction of sp³-hybridized carbons (Fsp3) is 0.450. The number of rotatable bonds is 4. The Labute approximate surface area is 192 Å². The van der Waals surface area contributed by atoms with Crippen molar-refractivity contribution in [3.05, 3.63) is 42.7 Å². The highest BCUT2D eigenvalue weighted by Gasteiger charge is 2.40. The van der Waals surface area contributed by atoms with Crippen LogP contribution in [0.5, 0.6) is 0 Å². The average molecular weight is 484 g/mol. The van der Waals surface area contributed by atoms with Crippen molar-refractivity contribution in [3.63, 3.8) is 0 Å². The minimum absolute atomic E-state index is 0.174. The maximum absolute atomic E-state index is 13.2. The van der Waals surface area contributed by atoms with Gasteiger partial charge in [-0.05, 0) is 43.7 Å². The summed E-state index contributed by atoms with van der Waals surface area (Å²) in [5.41, 5.74) is 1.17. The van der Waals surface area contributed by atoms with E-state index in [-0.39, 0.29) is 24.8 Å². The predicted octanol–water partition coefficient (Wildman–Crippen LogP) is 3.16. The smallest absolute Gasteiger partial charge is 0.450 e. The van der Waals surface area contributed by atoms with Crippen molar-refractivity contribution in [2.24, 2.45) is 0 Å². The zero-order valence-electron chi connectivity index (χ0n) is 16.8. The van der Waals surface area contributed by atoms with E-state index < -0.39 is 18.4 Å². The Hall–Kier alpha value is -2.14. The first kappa shape index (κ1) is 22.1. The molecule has 31 heavy (non-hydrogen) atoms. The van der Waals surface area contributed by atoms with Gasteiger partial charge in [-0.25, -0.2) is 4.79 Å². The predicted molar refractivity (Wildman–Crippen MR) is 118 cm³/mol. The molecule has 0 unspecified atom stereocenters. The van der Waals surface area contributed by atoms with Gasteiger partial charge < -0.3 is 20.1 Å². The van der Waals surface area contributed by atoms with Crippen molar-refractivity contribution in [1.82, 2.24) is 15.1 Å². The zero-order chi connectivity index (χ0) is 22.1. The summed E-state index contributed by atoms with van der Waals surface area (Å²) in [5, 5.41) is 12.0. The molecule has 2 N–H and O–H groups in total. The summed E-state index contributed by atoms with van der Waals surface area (Å²) in [5.74, 6) is -0.578. The van der Waals surface area contributed by atoms with E-state index >= 15 is 0 Å². The summed E-state index contributed by atoms with van der Waals surface area (Å²) in [6.07, 6.45) is -0.438. The van der Waals surface area contributed by atoms with E-state index in [1.165, 1.54) is 26.7 Å². The van der Waals surface area contributed by atoms with E-state index in [1.54, 1.807) is 12.1 Å². The Morgan fingerprint density at radius 3 is 2.68 bits per heavy atom. The molecule has 2 aromatic heterocycles. The fourth-order valence-corrected chi connectivity index (χ4v) is 5.99. The molecule has 11 heteroatoms. The van der Waals surface area contributed by atoms with Gasteiger partial charge in [0, 0.05) is 30.9 Å².